The second kappa shape index (κ2) is 6.93. The van der Waals surface area contributed by atoms with Crippen LogP contribution in [0.4, 0.5) is 19.0 Å². The Kier molecular flexibility index (Phi) is 4.58. The lowest BCUT2D eigenvalue weighted by Crippen LogP contribution is -2.38. The van der Waals surface area contributed by atoms with Gasteiger partial charge in [-0.2, -0.15) is 18.3 Å². The number of piperidine rings is 1. The van der Waals surface area contributed by atoms with Crippen LogP contribution in [0.15, 0.2) is 24.3 Å². The normalized spacial score (nSPS) is 17.8. The van der Waals surface area contributed by atoms with Crippen molar-refractivity contribution in [3.8, 4) is 17.1 Å². The molecule has 1 saturated heterocycles. The van der Waals surface area contributed by atoms with Gasteiger partial charge in [0.15, 0.2) is 11.6 Å². The van der Waals surface area contributed by atoms with Crippen LogP contribution >= 0.6 is 0 Å². The number of aromatic nitrogens is 4. The van der Waals surface area contributed by atoms with E-state index in [9.17, 15) is 18.3 Å². The molecule has 4 rings (SSSR count). The second-order valence-corrected chi connectivity index (χ2v) is 6.87. The summed E-state index contributed by atoms with van der Waals surface area (Å²) in [4.78, 5) is 0. The maximum Gasteiger partial charge on any atom is 0.416 e. The highest BCUT2D eigenvalue weighted by Gasteiger charge is 2.31. The highest BCUT2D eigenvalue weighted by molar-refractivity contribution is 5.73. The predicted molar refractivity (Wildman–Crippen MR) is 97.1 cm³/mol. The summed E-state index contributed by atoms with van der Waals surface area (Å²) in [7, 11) is 0. The largest absolute Gasteiger partial charge is 0.507 e. The van der Waals surface area contributed by atoms with Crippen LogP contribution in [-0.2, 0) is 6.18 Å². The van der Waals surface area contributed by atoms with Crippen LogP contribution < -0.4 is 10.6 Å². The molecule has 1 atom stereocenters. The topological polar surface area (TPSA) is 87.4 Å². The van der Waals surface area contributed by atoms with Gasteiger partial charge in [-0.15, -0.1) is 10.2 Å². The Morgan fingerprint density at radius 2 is 2.07 bits per heavy atom. The molecular weight excluding hydrogens is 373 g/mol. The summed E-state index contributed by atoms with van der Waals surface area (Å²) in [6.07, 6.45) is -2.49. The number of benzene rings is 1. The molecule has 10 heteroatoms. The molecule has 3 aromatic rings. The summed E-state index contributed by atoms with van der Waals surface area (Å²) in [5.74, 6) is 0.182. The average Bonchev–Trinajstić information content (AvgIpc) is 3.04. The fourth-order valence-electron chi connectivity index (χ4n) is 3.36. The second-order valence-electron chi connectivity index (χ2n) is 6.87. The third kappa shape index (κ3) is 3.47. The summed E-state index contributed by atoms with van der Waals surface area (Å²) in [5.41, 5.74) is 0.539. The van der Waals surface area contributed by atoms with Crippen LogP contribution in [0.5, 0.6) is 5.75 Å². The van der Waals surface area contributed by atoms with Crippen molar-refractivity contribution in [1.29, 1.82) is 0 Å². The molecule has 0 saturated carbocycles. The van der Waals surface area contributed by atoms with Crippen molar-refractivity contribution in [2.24, 2.45) is 0 Å². The Bertz CT molecular complexity index is 1010. The number of fused-ring (bicyclic) bond motifs is 1. The Morgan fingerprint density at radius 3 is 2.75 bits per heavy atom. The number of hydrogen-bond donors (Lipinski definition) is 3. The number of phenolic OH excluding ortho intramolecular Hbond substituents is 1. The first-order valence-corrected chi connectivity index (χ1v) is 8.94. The summed E-state index contributed by atoms with van der Waals surface area (Å²) in [5, 5.41) is 29.6. The number of rotatable bonds is 3. The molecule has 1 fully saturated rings. The van der Waals surface area contributed by atoms with E-state index in [-0.39, 0.29) is 17.4 Å². The van der Waals surface area contributed by atoms with Gasteiger partial charge in [0, 0.05) is 12.6 Å². The van der Waals surface area contributed by atoms with Crippen molar-refractivity contribution in [2.45, 2.75) is 32.0 Å². The molecule has 148 valence electrons. The number of phenols is 1. The average molecular weight is 392 g/mol. The Hall–Kier alpha value is -2.88. The first-order chi connectivity index (χ1) is 13.3. The maximum absolute atomic E-state index is 12.9. The molecular formula is C18H19F3N6O. The van der Waals surface area contributed by atoms with Crippen molar-refractivity contribution in [2.75, 3.05) is 18.4 Å². The molecule has 3 heterocycles. The SMILES string of the molecule is Cc1cc2c(N[C@@H]3CCCNC3)nnc(-c3ccc(C(F)(F)F)cc3O)n2n1. The van der Waals surface area contributed by atoms with Crippen LogP contribution in [0, 0.1) is 6.92 Å². The lowest BCUT2D eigenvalue weighted by Gasteiger charge is -2.24. The van der Waals surface area contributed by atoms with Gasteiger partial charge in [-0.1, -0.05) is 0 Å². The number of hydrogen-bond acceptors (Lipinski definition) is 6. The molecule has 0 radical (unpaired) electrons. The van der Waals surface area contributed by atoms with Gasteiger partial charge in [0.25, 0.3) is 0 Å². The monoisotopic (exact) mass is 392 g/mol. The highest BCUT2D eigenvalue weighted by Crippen LogP contribution is 2.36. The molecule has 0 spiro atoms. The third-order valence-corrected chi connectivity index (χ3v) is 4.72. The van der Waals surface area contributed by atoms with Gasteiger partial charge in [0.2, 0.25) is 0 Å². The molecule has 0 aliphatic carbocycles. The van der Waals surface area contributed by atoms with Gasteiger partial charge in [-0.05, 0) is 50.6 Å². The predicted octanol–water partition coefficient (Wildman–Crippen LogP) is 2.99. The first kappa shape index (κ1) is 18.5. The summed E-state index contributed by atoms with van der Waals surface area (Å²) >= 11 is 0. The third-order valence-electron chi connectivity index (χ3n) is 4.72. The zero-order valence-corrected chi connectivity index (χ0v) is 15.1. The molecule has 3 N–H and O–H groups in total. The Labute approximate surface area is 158 Å². The number of nitrogens with zero attached hydrogens (tertiary/aromatic N) is 4. The number of nitrogens with one attached hydrogen (secondary N) is 2. The lowest BCUT2D eigenvalue weighted by atomic mass is 10.1. The van der Waals surface area contributed by atoms with Gasteiger partial charge >= 0.3 is 6.18 Å². The maximum atomic E-state index is 12.9. The molecule has 0 amide bonds. The number of aromatic hydroxyl groups is 1. The van der Waals surface area contributed by atoms with E-state index >= 15 is 0 Å². The number of anilines is 1. The zero-order valence-electron chi connectivity index (χ0n) is 15.1. The van der Waals surface area contributed by atoms with E-state index in [0.29, 0.717) is 23.1 Å². The molecule has 1 aliphatic heterocycles. The molecule has 7 nitrogen and oxygen atoms in total. The standard InChI is InChI=1S/C18H19F3N6O/c1-10-7-14-16(23-12-3-2-6-22-9-12)24-25-17(27(14)26-10)13-5-4-11(8-15(13)28)18(19,20)21/h4-5,7-8,12,22,28H,2-3,6,9H2,1H3,(H,23,24)/t12-/m1/s1. The van der Waals surface area contributed by atoms with Crippen molar-refractivity contribution < 1.29 is 18.3 Å². The quantitative estimate of drug-likeness (QED) is 0.635. The van der Waals surface area contributed by atoms with E-state index in [4.69, 9.17) is 0 Å². The Balaban J connectivity index is 1.76. The fraction of sp³-hybridized carbons (Fsp3) is 0.389. The van der Waals surface area contributed by atoms with E-state index in [1.165, 1.54) is 10.6 Å². The van der Waals surface area contributed by atoms with Crippen LogP contribution in [0.2, 0.25) is 0 Å². The summed E-state index contributed by atoms with van der Waals surface area (Å²) in [6.45, 7) is 3.59. The summed E-state index contributed by atoms with van der Waals surface area (Å²) in [6, 6.07) is 4.78. The van der Waals surface area contributed by atoms with Gasteiger partial charge in [0.1, 0.15) is 11.3 Å². The number of alkyl halides is 3. The smallest absolute Gasteiger partial charge is 0.416 e. The minimum Gasteiger partial charge on any atom is -0.507 e. The van der Waals surface area contributed by atoms with E-state index in [0.717, 1.165) is 32.0 Å². The van der Waals surface area contributed by atoms with Gasteiger partial charge in [-0.3, -0.25) is 0 Å². The van der Waals surface area contributed by atoms with E-state index in [1.54, 1.807) is 6.92 Å². The summed E-state index contributed by atoms with van der Waals surface area (Å²) < 4.78 is 40.1. The van der Waals surface area contributed by atoms with Crippen LogP contribution in [0.1, 0.15) is 24.1 Å². The van der Waals surface area contributed by atoms with Crippen LogP contribution in [-0.4, -0.2) is 44.0 Å². The van der Waals surface area contributed by atoms with Crippen molar-refractivity contribution >= 4 is 11.3 Å². The fourth-order valence-corrected chi connectivity index (χ4v) is 3.36. The molecule has 0 unspecified atom stereocenters. The highest BCUT2D eigenvalue weighted by atomic mass is 19.4. The molecule has 28 heavy (non-hydrogen) atoms. The van der Waals surface area contributed by atoms with Crippen LogP contribution in [0.3, 0.4) is 0 Å². The van der Waals surface area contributed by atoms with E-state index < -0.39 is 17.5 Å². The van der Waals surface area contributed by atoms with Crippen molar-refractivity contribution in [3.05, 3.63) is 35.5 Å². The molecule has 0 bridgehead atoms. The van der Waals surface area contributed by atoms with Crippen molar-refractivity contribution in [1.82, 2.24) is 25.1 Å². The lowest BCUT2D eigenvalue weighted by molar-refractivity contribution is -0.137. The molecule has 1 aliphatic rings. The van der Waals surface area contributed by atoms with Gasteiger partial charge in [-0.25, -0.2) is 4.52 Å². The molecule has 1 aromatic carbocycles. The van der Waals surface area contributed by atoms with Gasteiger partial charge < -0.3 is 15.7 Å². The van der Waals surface area contributed by atoms with E-state index in [2.05, 4.69) is 25.9 Å². The Morgan fingerprint density at radius 1 is 1.25 bits per heavy atom. The number of halogens is 3. The van der Waals surface area contributed by atoms with Crippen LogP contribution in [0.25, 0.3) is 16.9 Å². The minimum absolute atomic E-state index is 0.125. The molecule has 2 aromatic heterocycles. The zero-order chi connectivity index (χ0) is 19.9. The first-order valence-electron chi connectivity index (χ1n) is 8.94. The number of aryl methyl sites for hydroxylation is 1. The van der Waals surface area contributed by atoms with Crippen molar-refractivity contribution in [3.63, 3.8) is 0 Å². The van der Waals surface area contributed by atoms with E-state index in [1.807, 2.05) is 6.07 Å². The minimum atomic E-state index is -4.54. The van der Waals surface area contributed by atoms with Gasteiger partial charge in [0.05, 0.1) is 16.8 Å².